The Morgan fingerprint density at radius 3 is 2.52 bits per heavy atom. The lowest BCUT2D eigenvalue weighted by atomic mass is 10.1. The number of nitrogens with zero attached hydrogens (tertiary/aromatic N) is 1. The third kappa shape index (κ3) is 6.90. The summed E-state index contributed by atoms with van der Waals surface area (Å²) < 4.78 is 0. The van der Waals surface area contributed by atoms with Gasteiger partial charge in [0.25, 0.3) is 0 Å². The van der Waals surface area contributed by atoms with E-state index in [1.165, 1.54) is 0 Å². The van der Waals surface area contributed by atoms with Crippen molar-refractivity contribution < 1.29 is 19.5 Å². The van der Waals surface area contributed by atoms with Crippen molar-refractivity contribution in [3.8, 4) is 0 Å². The molecule has 0 aromatic carbocycles. The highest BCUT2D eigenvalue weighted by molar-refractivity contribution is 5.83. The molecule has 1 heterocycles. The Bertz CT molecular complexity index is 492. The molecule has 0 aliphatic rings. The van der Waals surface area contributed by atoms with E-state index < -0.39 is 23.9 Å². The highest BCUT2D eigenvalue weighted by Crippen LogP contribution is 1.98. The summed E-state index contributed by atoms with van der Waals surface area (Å²) in [7, 11) is 0. The minimum atomic E-state index is -1.21. The lowest BCUT2D eigenvalue weighted by molar-refractivity contribution is -0.139. The van der Waals surface area contributed by atoms with Crippen LogP contribution in [0.5, 0.6) is 0 Å². The summed E-state index contributed by atoms with van der Waals surface area (Å²) in [4.78, 5) is 37.0. The van der Waals surface area contributed by atoms with Gasteiger partial charge in [0.15, 0.2) is 0 Å². The summed E-state index contributed by atoms with van der Waals surface area (Å²) >= 11 is 0. The lowest BCUT2D eigenvalue weighted by Gasteiger charge is -2.14. The quantitative estimate of drug-likeness (QED) is 0.519. The van der Waals surface area contributed by atoms with E-state index in [9.17, 15) is 14.4 Å². The molecule has 114 valence electrons. The summed E-state index contributed by atoms with van der Waals surface area (Å²) in [5.74, 6) is -1.82. The molecule has 21 heavy (non-hydrogen) atoms. The van der Waals surface area contributed by atoms with E-state index in [-0.39, 0.29) is 12.8 Å². The first-order valence-corrected chi connectivity index (χ1v) is 6.43. The van der Waals surface area contributed by atoms with Gasteiger partial charge >= 0.3 is 12.0 Å². The minimum absolute atomic E-state index is 0.0392. The Hall–Kier alpha value is -2.64. The third-order valence-electron chi connectivity index (χ3n) is 2.73. The highest BCUT2D eigenvalue weighted by atomic mass is 16.4. The number of amides is 3. The Morgan fingerprint density at radius 1 is 1.29 bits per heavy atom. The Kier molecular flexibility index (Phi) is 6.66. The molecule has 0 unspecified atom stereocenters. The Morgan fingerprint density at radius 2 is 1.95 bits per heavy atom. The van der Waals surface area contributed by atoms with Crippen LogP contribution >= 0.6 is 0 Å². The number of carbonyl (C=O) groups is 3. The molecule has 0 saturated heterocycles. The van der Waals surface area contributed by atoms with Crippen LogP contribution in [0.2, 0.25) is 0 Å². The van der Waals surface area contributed by atoms with Gasteiger partial charge in [-0.05, 0) is 30.5 Å². The summed E-state index contributed by atoms with van der Waals surface area (Å²) in [5.41, 5.74) is 5.96. The molecule has 0 bridgehead atoms. The molecule has 1 rings (SSSR count). The molecule has 0 fully saturated rings. The molecule has 1 atom stereocenters. The zero-order valence-electron chi connectivity index (χ0n) is 11.4. The lowest BCUT2D eigenvalue weighted by Crippen LogP contribution is -2.46. The number of urea groups is 1. The summed E-state index contributed by atoms with van der Waals surface area (Å²) in [6, 6.07) is 1.92. The van der Waals surface area contributed by atoms with Gasteiger partial charge in [-0.1, -0.05) is 0 Å². The SMILES string of the molecule is NC(=O)CC[C@@H](NC(=O)NCCc1ccncc1)C(=O)O. The Labute approximate surface area is 121 Å². The second kappa shape index (κ2) is 8.51. The number of carbonyl (C=O) groups excluding carboxylic acids is 2. The van der Waals surface area contributed by atoms with E-state index in [0.717, 1.165) is 5.56 Å². The van der Waals surface area contributed by atoms with E-state index in [4.69, 9.17) is 10.8 Å². The zero-order chi connectivity index (χ0) is 15.7. The number of hydrogen-bond donors (Lipinski definition) is 4. The van der Waals surface area contributed by atoms with E-state index >= 15 is 0 Å². The predicted molar refractivity (Wildman–Crippen MR) is 74.3 cm³/mol. The van der Waals surface area contributed by atoms with Crippen LogP contribution < -0.4 is 16.4 Å². The van der Waals surface area contributed by atoms with Gasteiger partial charge in [-0.2, -0.15) is 0 Å². The largest absolute Gasteiger partial charge is 0.480 e. The average molecular weight is 294 g/mol. The summed E-state index contributed by atoms with van der Waals surface area (Å²) in [5, 5.41) is 13.8. The van der Waals surface area contributed by atoms with E-state index in [0.29, 0.717) is 13.0 Å². The molecule has 1 aromatic heterocycles. The second-order valence-electron chi connectivity index (χ2n) is 4.40. The van der Waals surface area contributed by atoms with Gasteiger partial charge in [-0.3, -0.25) is 9.78 Å². The predicted octanol–water partition coefficient (Wildman–Crippen LogP) is -0.358. The first-order chi connectivity index (χ1) is 9.99. The van der Waals surface area contributed by atoms with E-state index in [1.54, 1.807) is 12.4 Å². The molecule has 0 aliphatic heterocycles. The normalized spacial score (nSPS) is 11.4. The average Bonchev–Trinajstić information content (AvgIpc) is 2.44. The van der Waals surface area contributed by atoms with Gasteiger partial charge in [0.2, 0.25) is 5.91 Å². The minimum Gasteiger partial charge on any atom is -0.480 e. The zero-order valence-corrected chi connectivity index (χ0v) is 11.4. The number of aromatic nitrogens is 1. The van der Waals surface area contributed by atoms with Gasteiger partial charge in [-0.25, -0.2) is 9.59 Å². The van der Waals surface area contributed by atoms with Gasteiger partial charge in [0.05, 0.1) is 0 Å². The third-order valence-corrected chi connectivity index (χ3v) is 2.73. The highest BCUT2D eigenvalue weighted by Gasteiger charge is 2.20. The molecular weight excluding hydrogens is 276 g/mol. The van der Waals surface area contributed by atoms with Gasteiger partial charge in [-0.15, -0.1) is 0 Å². The maximum atomic E-state index is 11.6. The summed E-state index contributed by atoms with van der Waals surface area (Å²) in [6.07, 6.45) is 3.77. The van der Waals surface area contributed by atoms with Crippen LogP contribution in [0.25, 0.3) is 0 Å². The van der Waals surface area contributed by atoms with Crippen molar-refractivity contribution in [3.05, 3.63) is 30.1 Å². The fourth-order valence-corrected chi connectivity index (χ4v) is 1.62. The molecule has 0 radical (unpaired) electrons. The molecule has 0 aliphatic carbocycles. The van der Waals surface area contributed by atoms with Crippen LogP contribution in [-0.4, -0.2) is 40.6 Å². The number of rotatable bonds is 8. The molecule has 5 N–H and O–H groups in total. The molecule has 8 nitrogen and oxygen atoms in total. The van der Waals surface area contributed by atoms with Crippen LogP contribution in [0, 0.1) is 0 Å². The van der Waals surface area contributed by atoms with Gasteiger partial charge < -0.3 is 21.5 Å². The van der Waals surface area contributed by atoms with Crippen molar-refractivity contribution in [3.63, 3.8) is 0 Å². The first-order valence-electron chi connectivity index (χ1n) is 6.43. The van der Waals surface area contributed by atoms with E-state index in [1.807, 2.05) is 12.1 Å². The Balaban J connectivity index is 2.33. The van der Waals surface area contributed by atoms with E-state index in [2.05, 4.69) is 15.6 Å². The summed E-state index contributed by atoms with van der Waals surface area (Å²) in [6.45, 7) is 0.359. The maximum Gasteiger partial charge on any atom is 0.326 e. The van der Waals surface area contributed by atoms with Crippen LogP contribution in [0.4, 0.5) is 4.79 Å². The second-order valence-corrected chi connectivity index (χ2v) is 4.40. The smallest absolute Gasteiger partial charge is 0.326 e. The number of nitrogens with one attached hydrogen (secondary N) is 2. The van der Waals surface area contributed by atoms with Crippen LogP contribution in [0.15, 0.2) is 24.5 Å². The van der Waals surface area contributed by atoms with Crippen molar-refractivity contribution in [2.24, 2.45) is 5.73 Å². The maximum absolute atomic E-state index is 11.6. The molecule has 3 amide bonds. The number of aliphatic carboxylic acids is 1. The van der Waals surface area contributed by atoms with Crippen molar-refractivity contribution >= 4 is 17.9 Å². The van der Waals surface area contributed by atoms with Gasteiger partial charge in [0.1, 0.15) is 6.04 Å². The standard InChI is InChI=1S/C13H18N4O4/c14-11(18)2-1-10(12(19)20)17-13(21)16-8-5-9-3-6-15-7-4-9/h3-4,6-7,10H,1-2,5,8H2,(H2,14,18)(H,19,20)(H2,16,17,21)/t10-/m1/s1. The van der Waals surface area contributed by atoms with Crippen LogP contribution in [0.3, 0.4) is 0 Å². The number of nitrogens with two attached hydrogens (primary N) is 1. The van der Waals surface area contributed by atoms with Crippen molar-refractivity contribution in [2.75, 3.05) is 6.54 Å². The molecule has 1 aromatic rings. The van der Waals surface area contributed by atoms with Crippen LogP contribution in [-0.2, 0) is 16.0 Å². The van der Waals surface area contributed by atoms with Crippen molar-refractivity contribution in [1.29, 1.82) is 0 Å². The molecular formula is C13H18N4O4. The molecule has 0 saturated carbocycles. The number of carboxylic acid groups (broad SMARTS) is 1. The number of carboxylic acids is 1. The number of primary amides is 1. The fraction of sp³-hybridized carbons (Fsp3) is 0.385. The first kappa shape index (κ1) is 16.4. The monoisotopic (exact) mass is 294 g/mol. The van der Waals surface area contributed by atoms with Crippen LogP contribution in [0.1, 0.15) is 18.4 Å². The van der Waals surface area contributed by atoms with Crippen molar-refractivity contribution in [2.45, 2.75) is 25.3 Å². The number of hydrogen-bond acceptors (Lipinski definition) is 4. The molecule has 8 heteroatoms. The number of pyridine rings is 1. The molecule has 0 spiro atoms. The fourth-order valence-electron chi connectivity index (χ4n) is 1.62. The topological polar surface area (TPSA) is 134 Å². The van der Waals surface area contributed by atoms with Gasteiger partial charge in [0, 0.05) is 25.4 Å². The van der Waals surface area contributed by atoms with Crippen molar-refractivity contribution in [1.82, 2.24) is 15.6 Å².